The van der Waals surface area contributed by atoms with Gasteiger partial charge in [-0.3, -0.25) is 0 Å². The first kappa shape index (κ1) is 6.86. The van der Waals surface area contributed by atoms with Gasteiger partial charge in [0.25, 0.3) is 0 Å². The molecule has 0 aromatic carbocycles. The van der Waals surface area contributed by atoms with Crippen LogP contribution in [0.5, 0.6) is 5.88 Å². The second-order valence-electron chi connectivity index (χ2n) is 2.05. The van der Waals surface area contributed by atoms with Crippen LogP contribution in [0.25, 0.3) is 0 Å². The first-order chi connectivity index (χ1) is 6.45. The Bertz CT molecular complexity index is 328. The van der Waals surface area contributed by atoms with Crippen molar-refractivity contribution < 1.29 is 12.6 Å². The number of aromatic nitrogens is 1. The molecule has 0 radical (unpaired) electrons. The fourth-order valence-electron chi connectivity index (χ4n) is 0.759. The van der Waals surface area contributed by atoms with Gasteiger partial charge in [0, 0.05) is 16.2 Å². The van der Waals surface area contributed by atoms with E-state index in [1.54, 1.807) is 6.92 Å². The quantitative estimate of drug-likeness (QED) is 0.865. The van der Waals surface area contributed by atoms with Crippen LogP contribution in [0.15, 0.2) is 16.7 Å². The van der Waals surface area contributed by atoms with E-state index in [9.17, 15) is 5.11 Å². The molecule has 0 fully saturated rings. The maximum Gasteiger partial charge on any atom is 0.218 e. The van der Waals surface area contributed by atoms with Crippen LogP contribution >= 0.6 is 15.9 Å². The van der Waals surface area contributed by atoms with E-state index < -0.39 is 6.56 Å². The van der Waals surface area contributed by atoms with Crippen LogP contribution in [0.2, 0.25) is 0 Å². The Morgan fingerprint density at radius 3 is 3.17 bits per heavy atom. The summed E-state index contributed by atoms with van der Waals surface area (Å²) in [4.78, 5) is 3.87. The molecule has 0 aliphatic rings. The number of rotatable bonds is 3. The van der Waals surface area contributed by atoms with Crippen molar-refractivity contribution in [3.8, 4) is 5.88 Å². The van der Waals surface area contributed by atoms with E-state index in [2.05, 4.69) is 20.9 Å². The lowest BCUT2D eigenvalue weighted by molar-refractivity contribution is 0.262. The third-order valence-corrected chi connectivity index (χ3v) is 1.65. The number of halogens is 1. The molecular weight excluding hydrogens is 222 g/mol. The molecule has 0 saturated heterocycles. The Morgan fingerprint density at radius 2 is 2.58 bits per heavy atom. The standard InChI is InChI=1S/C8H10BrNO2/c1-2-12-8-6(5-11)3-7(9)4-10-8/h3-4,11H,2,5H2,1H3/i5D2. The molecule has 4 heteroatoms. The van der Waals surface area contributed by atoms with Crippen LogP contribution in [0.1, 0.15) is 15.2 Å². The summed E-state index contributed by atoms with van der Waals surface area (Å²) in [6.45, 7) is -0.306. The minimum absolute atomic E-state index is 0.0220. The van der Waals surface area contributed by atoms with Crippen molar-refractivity contribution in [2.75, 3.05) is 6.61 Å². The monoisotopic (exact) mass is 233 g/mol. The van der Waals surface area contributed by atoms with Crippen LogP contribution in [-0.2, 0) is 6.56 Å². The maximum atomic E-state index is 9.21. The van der Waals surface area contributed by atoms with Gasteiger partial charge >= 0.3 is 0 Å². The molecule has 1 heterocycles. The second kappa shape index (κ2) is 4.42. The molecule has 0 aliphatic heterocycles. The van der Waals surface area contributed by atoms with Gasteiger partial charge in [0.05, 0.1) is 15.9 Å². The van der Waals surface area contributed by atoms with Crippen LogP contribution in [0, 0.1) is 0 Å². The highest BCUT2D eigenvalue weighted by Gasteiger charge is 2.03. The van der Waals surface area contributed by atoms with Gasteiger partial charge < -0.3 is 9.84 Å². The van der Waals surface area contributed by atoms with Crippen molar-refractivity contribution in [1.29, 1.82) is 0 Å². The lowest BCUT2D eigenvalue weighted by Gasteiger charge is -2.06. The summed E-state index contributed by atoms with van der Waals surface area (Å²) < 4.78 is 20.0. The smallest absolute Gasteiger partial charge is 0.218 e. The van der Waals surface area contributed by atoms with Gasteiger partial charge in [-0.25, -0.2) is 4.98 Å². The van der Waals surface area contributed by atoms with Crippen molar-refractivity contribution in [3.63, 3.8) is 0 Å². The Hall–Kier alpha value is -0.610. The van der Waals surface area contributed by atoms with Gasteiger partial charge in [0.15, 0.2) is 0 Å². The number of ether oxygens (including phenoxy) is 1. The van der Waals surface area contributed by atoms with E-state index in [0.717, 1.165) is 0 Å². The Kier molecular flexibility index (Phi) is 2.53. The van der Waals surface area contributed by atoms with Crippen LogP contribution in [-0.4, -0.2) is 16.7 Å². The lowest BCUT2D eigenvalue weighted by atomic mass is 10.3. The van der Waals surface area contributed by atoms with Crippen molar-refractivity contribution in [1.82, 2.24) is 4.98 Å². The zero-order chi connectivity index (χ0) is 10.8. The van der Waals surface area contributed by atoms with E-state index in [4.69, 9.17) is 7.48 Å². The summed E-state index contributed by atoms with van der Waals surface area (Å²) in [6, 6.07) is 1.44. The van der Waals surface area contributed by atoms with Crippen molar-refractivity contribution >= 4 is 15.9 Å². The van der Waals surface area contributed by atoms with Crippen molar-refractivity contribution in [3.05, 3.63) is 22.3 Å². The topological polar surface area (TPSA) is 42.4 Å². The van der Waals surface area contributed by atoms with Gasteiger partial charge in [-0.15, -0.1) is 0 Å². The summed E-state index contributed by atoms with van der Waals surface area (Å²) in [5, 5.41) is 9.21. The molecule has 0 amide bonds. The number of nitrogens with zero attached hydrogens (tertiary/aromatic N) is 1. The molecule has 3 nitrogen and oxygen atoms in total. The number of hydrogen-bond donors (Lipinski definition) is 1. The average molecular weight is 234 g/mol. The first-order valence-corrected chi connectivity index (χ1v) is 4.25. The fraction of sp³-hybridized carbons (Fsp3) is 0.375. The van der Waals surface area contributed by atoms with E-state index >= 15 is 0 Å². The fourth-order valence-corrected chi connectivity index (χ4v) is 1.09. The predicted octanol–water partition coefficient (Wildman–Crippen LogP) is 1.74. The van der Waals surface area contributed by atoms with Gasteiger partial charge in [-0.1, -0.05) is 0 Å². The zero-order valence-electron chi connectivity index (χ0n) is 8.54. The van der Waals surface area contributed by atoms with E-state index in [0.29, 0.717) is 11.1 Å². The second-order valence-corrected chi connectivity index (χ2v) is 2.97. The summed E-state index contributed by atoms with van der Waals surface area (Å²) in [5.41, 5.74) is 0.0220. The van der Waals surface area contributed by atoms with Crippen molar-refractivity contribution in [2.45, 2.75) is 13.5 Å². The number of aliphatic hydroxyl groups is 1. The highest BCUT2D eigenvalue weighted by molar-refractivity contribution is 9.10. The molecule has 1 aromatic rings. The van der Waals surface area contributed by atoms with Crippen LogP contribution < -0.4 is 4.74 Å². The SMILES string of the molecule is [2H]C([2H])(O)c1cc(Br)cnc1OCC. The average Bonchev–Trinajstić information content (AvgIpc) is 2.07. The summed E-state index contributed by atoms with van der Waals surface area (Å²) in [5.74, 6) is 0.114. The van der Waals surface area contributed by atoms with E-state index in [-0.39, 0.29) is 11.4 Å². The molecule has 0 atom stereocenters. The zero-order valence-corrected chi connectivity index (χ0v) is 8.13. The Balaban J connectivity index is 3.16. The lowest BCUT2D eigenvalue weighted by Crippen LogP contribution is -1.99. The predicted molar refractivity (Wildman–Crippen MR) is 49.0 cm³/mol. The highest BCUT2D eigenvalue weighted by atomic mass is 79.9. The molecule has 0 saturated carbocycles. The molecule has 1 aromatic heterocycles. The van der Waals surface area contributed by atoms with Crippen LogP contribution in [0.3, 0.4) is 0 Å². The van der Waals surface area contributed by atoms with Crippen LogP contribution in [0.4, 0.5) is 0 Å². The number of pyridine rings is 1. The van der Waals surface area contributed by atoms with Crippen molar-refractivity contribution in [2.24, 2.45) is 0 Å². The summed E-state index contributed by atoms with van der Waals surface area (Å²) in [7, 11) is 0. The third kappa shape index (κ3) is 2.19. The highest BCUT2D eigenvalue weighted by Crippen LogP contribution is 2.19. The maximum absolute atomic E-state index is 9.21. The van der Waals surface area contributed by atoms with E-state index in [1.807, 2.05) is 0 Å². The van der Waals surface area contributed by atoms with Gasteiger partial charge in [0.1, 0.15) is 0 Å². The third-order valence-electron chi connectivity index (χ3n) is 1.22. The molecule has 12 heavy (non-hydrogen) atoms. The molecule has 0 aliphatic carbocycles. The summed E-state index contributed by atoms with van der Waals surface area (Å²) in [6.07, 6.45) is 1.49. The molecule has 0 spiro atoms. The van der Waals surface area contributed by atoms with E-state index in [1.165, 1.54) is 12.3 Å². The molecule has 1 N–H and O–H groups in total. The Morgan fingerprint density at radius 1 is 1.83 bits per heavy atom. The molecule has 0 bridgehead atoms. The minimum Gasteiger partial charge on any atom is -0.478 e. The Labute approximate surface area is 82.3 Å². The van der Waals surface area contributed by atoms with Gasteiger partial charge in [0.2, 0.25) is 5.88 Å². The minimum atomic E-state index is -2.44. The summed E-state index contributed by atoms with van der Waals surface area (Å²) >= 11 is 3.14. The molecule has 0 unspecified atom stereocenters. The van der Waals surface area contributed by atoms with Gasteiger partial charge in [-0.2, -0.15) is 0 Å². The number of hydrogen-bond acceptors (Lipinski definition) is 3. The first-order valence-electron chi connectivity index (χ1n) is 4.46. The largest absolute Gasteiger partial charge is 0.478 e. The molecule has 1 rings (SSSR count). The molecular formula is C8H10BrNO2. The van der Waals surface area contributed by atoms with Gasteiger partial charge in [-0.05, 0) is 28.9 Å². The normalized spacial score (nSPS) is 13.6. The molecule has 66 valence electrons.